The molecule has 144 valence electrons. The van der Waals surface area contributed by atoms with Crippen LogP contribution >= 0.6 is 0 Å². The Balaban J connectivity index is 1.68. The summed E-state index contributed by atoms with van der Waals surface area (Å²) >= 11 is 0. The summed E-state index contributed by atoms with van der Waals surface area (Å²) in [6.45, 7) is 0.936. The molecule has 0 aliphatic carbocycles. The van der Waals surface area contributed by atoms with E-state index >= 15 is 0 Å². The van der Waals surface area contributed by atoms with Gasteiger partial charge in [0.2, 0.25) is 5.88 Å². The van der Waals surface area contributed by atoms with Gasteiger partial charge in [0.15, 0.2) is 0 Å². The monoisotopic (exact) mass is 376 g/mol. The molecule has 0 saturated heterocycles. The molecule has 0 amide bonds. The van der Waals surface area contributed by atoms with Crippen LogP contribution in [0.3, 0.4) is 0 Å². The number of hydrogen-bond donors (Lipinski definition) is 3. The average Bonchev–Trinajstić information content (AvgIpc) is 3.19. The van der Waals surface area contributed by atoms with Gasteiger partial charge in [0.25, 0.3) is 0 Å². The molecule has 6 heteroatoms. The van der Waals surface area contributed by atoms with Crippen molar-refractivity contribution in [3.05, 3.63) is 87.6 Å². The SMILES string of the molecule is Cn1c(Cc2ccc3[nH]cc(CCN)c3c2)c(O)n(Cc2ccccc2)c1=O. The van der Waals surface area contributed by atoms with Crippen molar-refractivity contribution in [2.45, 2.75) is 19.4 Å². The summed E-state index contributed by atoms with van der Waals surface area (Å²) in [7, 11) is 1.70. The fourth-order valence-corrected chi connectivity index (χ4v) is 3.69. The predicted molar refractivity (Wildman–Crippen MR) is 111 cm³/mol. The van der Waals surface area contributed by atoms with Gasteiger partial charge in [0.05, 0.1) is 12.2 Å². The van der Waals surface area contributed by atoms with Gasteiger partial charge in [0, 0.05) is 30.6 Å². The van der Waals surface area contributed by atoms with Gasteiger partial charge >= 0.3 is 5.69 Å². The standard InChI is InChI=1S/C22H24N4O2/c1-25-20(21(27)26(22(25)28)14-15-5-3-2-4-6-15)12-16-7-8-19-18(11-16)17(9-10-23)13-24-19/h2-8,11,13,24,27H,9-10,12,14,23H2,1H3. The van der Waals surface area contributed by atoms with Crippen LogP contribution in [0.2, 0.25) is 0 Å². The number of rotatable bonds is 6. The highest BCUT2D eigenvalue weighted by molar-refractivity contribution is 5.84. The second-order valence-electron chi connectivity index (χ2n) is 7.09. The number of imidazole rings is 1. The molecule has 4 aromatic rings. The molecular formula is C22H24N4O2. The van der Waals surface area contributed by atoms with Crippen molar-refractivity contribution >= 4 is 10.9 Å². The van der Waals surface area contributed by atoms with E-state index in [4.69, 9.17) is 5.73 Å². The molecule has 4 rings (SSSR count). The van der Waals surface area contributed by atoms with Crippen molar-refractivity contribution in [1.82, 2.24) is 14.1 Å². The molecule has 0 radical (unpaired) electrons. The Bertz CT molecular complexity index is 1170. The average molecular weight is 376 g/mol. The van der Waals surface area contributed by atoms with Gasteiger partial charge in [-0.3, -0.25) is 9.13 Å². The Morgan fingerprint density at radius 1 is 1.11 bits per heavy atom. The fraction of sp³-hybridized carbons (Fsp3) is 0.227. The third kappa shape index (κ3) is 3.23. The number of aromatic nitrogens is 3. The van der Waals surface area contributed by atoms with Crippen LogP contribution in [0.15, 0.2) is 59.5 Å². The van der Waals surface area contributed by atoms with Gasteiger partial charge in [0.1, 0.15) is 0 Å². The first-order valence-corrected chi connectivity index (χ1v) is 9.38. The minimum absolute atomic E-state index is 0.0210. The van der Waals surface area contributed by atoms with Crippen LogP contribution in [-0.2, 0) is 26.4 Å². The first-order chi connectivity index (χ1) is 13.6. The molecule has 2 aromatic heterocycles. The summed E-state index contributed by atoms with van der Waals surface area (Å²) in [5, 5.41) is 11.9. The van der Waals surface area contributed by atoms with Crippen molar-refractivity contribution < 1.29 is 5.11 Å². The predicted octanol–water partition coefficient (Wildman–Crippen LogP) is 2.51. The molecule has 0 aliphatic rings. The lowest BCUT2D eigenvalue weighted by atomic mass is 10.0. The third-order valence-corrected chi connectivity index (χ3v) is 5.24. The molecule has 0 spiro atoms. The highest BCUT2D eigenvalue weighted by Crippen LogP contribution is 2.24. The fourth-order valence-electron chi connectivity index (χ4n) is 3.69. The lowest BCUT2D eigenvalue weighted by Crippen LogP contribution is -2.23. The first kappa shape index (κ1) is 18.1. The van der Waals surface area contributed by atoms with Crippen LogP contribution in [0.1, 0.15) is 22.4 Å². The summed E-state index contributed by atoms with van der Waals surface area (Å²) < 4.78 is 2.94. The third-order valence-electron chi connectivity index (χ3n) is 5.24. The Kier molecular flexibility index (Phi) is 4.79. The minimum Gasteiger partial charge on any atom is -0.493 e. The molecule has 6 nitrogen and oxygen atoms in total. The summed E-state index contributed by atoms with van der Waals surface area (Å²) in [6, 6.07) is 15.8. The zero-order valence-corrected chi connectivity index (χ0v) is 15.9. The van der Waals surface area contributed by atoms with Crippen LogP contribution in [0.4, 0.5) is 0 Å². The van der Waals surface area contributed by atoms with Crippen molar-refractivity contribution in [3.8, 4) is 5.88 Å². The Morgan fingerprint density at radius 3 is 2.64 bits per heavy atom. The van der Waals surface area contributed by atoms with E-state index in [9.17, 15) is 9.90 Å². The van der Waals surface area contributed by atoms with E-state index in [0.29, 0.717) is 25.2 Å². The number of benzene rings is 2. The minimum atomic E-state index is -0.220. The normalized spacial score (nSPS) is 11.4. The summed E-state index contributed by atoms with van der Waals surface area (Å²) in [5.41, 5.74) is 10.3. The largest absolute Gasteiger partial charge is 0.493 e. The smallest absolute Gasteiger partial charge is 0.331 e. The maximum Gasteiger partial charge on any atom is 0.331 e. The highest BCUT2D eigenvalue weighted by atomic mass is 16.3. The van der Waals surface area contributed by atoms with Crippen molar-refractivity contribution in [2.24, 2.45) is 12.8 Å². The summed E-state index contributed by atoms with van der Waals surface area (Å²) in [6.07, 6.45) is 3.27. The molecule has 2 aromatic carbocycles. The molecule has 0 bridgehead atoms. The number of H-pyrrole nitrogens is 1. The van der Waals surface area contributed by atoms with Gasteiger partial charge in [-0.1, -0.05) is 36.4 Å². The number of fused-ring (bicyclic) bond motifs is 1. The molecule has 0 aliphatic heterocycles. The van der Waals surface area contributed by atoms with Gasteiger partial charge in [-0.2, -0.15) is 0 Å². The second-order valence-corrected chi connectivity index (χ2v) is 7.09. The van der Waals surface area contributed by atoms with Crippen LogP contribution in [0.25, 0.3) is 10.9 Å². The molecule has 0 atom stereocenters. The summed E-state index contributed by atoms with van der Waals surface area (Å²) in [5.74, 6) is 0.0210. The molecular weight excluding hydrogens is 352 g/mol. The maximum absolute atomic E-state index is 12.7. The second kappa shape index (κ2) is 7.40. The van der Waals surface area contributed by atoms with Crippen molar-refractivity contribution in [2.75, 3.05) is 6.54 Å². The van der Waals surface area contributed by atoms with Gasteiger partial charge in [-0.25, -0.2) is 4.79 Å². The van der Waals surface area contributed by atoms with Crippen molar-refractivity contribution in [3.63, 3.8) is 0 Å². The first-order valence-electron chi connectivity index (χ1n) is 9.38. The number of aromatic amines is 1. The zero-order valence-electron chi connectivity index (χ0n) is 15.9. The van der Waals surface area contributed by atoms with E-state index in [0.717, 1.165) is 28.5 Å². The van der Waals surface area contributed by atoms with Crippen LogP contribution in [0.5, 0.6) is 5.88 Å². The topological polar surface area (TPSA) is 89.0 Å². The Labute approximate surface area is 162 Å². The lowest BCUT2D eigenvalue weighted by molar-refractivity contribution is 0.416. The molecule has 28 heavy (non-hydrogen) atoms. The van der Waals surface area contributed by atoms with Gasteiger partial charge in [-0.05, 0) is 41.8 Å². The summed E-state index contributed by atoms with van der Waals surface area (Å²) in [4.78, 5) is 15.9. The molecule has 0 unspecified atom stereocenters. The number of nitrogens with one attached hydrogen (secondary N) is 1. The molecule has 0 fully saturated rings. The van der Waals surface area contributed by atoms with E-state index in [1.165, 1.54) is 14.7 Å². The van der Waals surface area contributed by atoms with E-state index in [2.05, 4.69) is 11.1 Å². The van der Waals surface area contributed by atoms with Gasteiger partial charge < -0.3 is 15.8 Å². The van der Waals surface area contributed by atoms with Crippen LogP contribution < -0.4 is 11.4 Å². The van der Waals surface area contributed by atoms with Gasteiger partial charge in [-0.15, -0.1) is 0 Å². The Morgan fingerprint density at radius 2 is 1.89 bits per heavy atom. The van der Waals surface area contributed by atoms with E-state index in [-0.39, 0.29) is 11.6 Å². The van der Waals surface area contributed by atoms with Crippen LogP contribution in [-0.4, -0.2) is 25.8 Å². The number of nitrogens with two attached hydrogens (primary N) is 1. The Hall–Kier alpha value is -3.25. The molecule has 2 heterocycles. The van der Waals surface area contributed by atoms with E-state index < -0.39 is 0 Å². The zero-order chi connectivity index (χ0) is 19.7. The van der Waals surface area contributed by atoms with E-state index in [1.54, 1.807) is 7.05 Å². The van der Waals surface area contributed by atoms with Crippen molar-refractivity contribution in [1.29, 1.82) is 0 Å². The highest BCUT2D eigenvalue weighted by Gasteiger charge is 2.18. The van der Waals surface area contributed by atoms with Crippen LogP contribution in [0, 0.1) is 0 Å². The number of hydrogen-bond acceptors (Lipinski definition) is 3. The quantitative estimate of drug-likeness (QED) is 0.483. The molecule has 0 saturated carbocycles. The molecule has 4 N–H and O–H groups in total. The number of aromatic hydroxyl groups is 1. The lowest BCUT2D eigenvalue weighted by Gasteiger charge is -2.06. The number of nitrogens with zero attached hydrogens (tertiary/aromatic N) is 2. The van der Waals surface area contributed by atoms with E-state index in [1.807, 2.05) is 48.7 Å². The maximum atomic E-state index is 12.7.